The summed E-state index contributed by atoms with van der Waals surface area (Å²) in [5, 5.41) is 9.13. The van der Waals surface area contributed by atoms with E-state index in [1.807, 2.05) is 11.8 Å². The maximum Gasteiger partial charge on any atom is 0.316 e. The van der Waals surface area contributed by atoms with Gasteiger partial charge in [-0.15, -0.1) is 0 Å². The number of hydrogen-bond acceptors (Lipinski definition) is 5. The molecular formula is C20H25N5O4S. The highest BCUT2D eigenvalue weighted by molar-refractivity contribution is 8.00. The Kier molecular flexibility index (Phi) is 6.12. The molecule has 10 heteroatoms. The number of H-pyrrole nitrogens is 1. The molecule has 0 bridgehead atoms. The normalized spacial score (nSPS) is 22.5. The molecule has 3 amide bonds. The molecule has 4 N–H and O–H groups in total. The molecule has 30 heavy (non-hydrogen) atoms. The standard InChI is InChI=1S/C20H25N5O4S/c26-16(8-4-3-7-15-17-13(11-30-15)23-20(29)24-17)21-9-10-25-14-6-2-1-5-12(14)22-18(27)19(25)28/h1-2,5-6,13,15,17H,3-4,7-11H2,(H,21,26)(H,22,27)(H2,23,24,29)/t13-,15-,17-/m0/s1. The molecule has 160 valence electrons. The van der Waals surface area contributed by atoms with E-state index in [1.54, 1.807) is 24.3 Å². The lowest BCUT2D eigenvalue weighted by Crippen LogP contribution is -2.39. The maximum atomic E-state index is 12.2. The number of amides is 3. The highest BCUT2D eigenvalue weighted by Crippen LogP contribution is 2.33. The van der Waals surface area contributed by atoms with Crippen molar-refractivity contribution in [3.05, 3.63) is 45.0 Å². The van der Waals surface area contributed by atoms with Gasteiger partial charge in [-0.3, -0.25) is 14.4 Å². The number of rotatable bonds is 8. The van der Waals surface area contributed by atoms with Crippen molar-refractivity contribution in [2.24, 2.45) is 0 Å². The van der Waals surface area contributed by atoms with Crippen molar-refractivity contribution < 1.29 is 9.59 Å². The zero-order chi connectivity index (χ0) is 21.1. The molecule has 3 heterocycles. The van der Waals surface area contributed by atoms with Crippen LogP contribution < -0.4 is 27.1 Å². The van der Waals surface area contributed by atoms with Crippen LogP contribution >= 0.6 is 11.8 Å². The van der Waals surface area contributed by atoms with Gasteiger partial charge in [0.1, 0.15) is 0 Å². The molecule has 2 aromatic rings. The summed E-state index contributed by atoms with van der Waals surface area (Å²) in [5.41, 5.74) is -0.0594. The van der Waals surface area contributed by atoms with E-state index in [0.29, 0.717) is 22.7 Å². The Bertz CT molecular complexity index is 1070. The van der Waals surface area contributed by atoms with Crippen molar-refractivity contribution in [3.63, 3.8) is 0 Å². The Morgan fingerprint density at radius 2 is 2.00 bits per heavy atom. The van der Waals surface area contributed by atoms with Gasteiger partial charge in [0.05, 0.1) is 23.1 Å². The smallest absolute Gasteiger partial charge is 0.316 e. The fourth-order valence-corrected chi connectivity index (χ4v) is 5.66. The third-order valence-electron chi connectivity index (χ3n) is 5.62. The van der Waals surface area contributed by atoms with E-state index in [0.717, 1.165) is 25.0 Å². The first kappa shape index (κ1) is 20.5. The molecule has 2 saturated heterocycles. The van der Waals surface area contributed by atoms with Crippen LogP contribution in [0.3, 0.4) is 0 Å². The average molecular weight is 432 g/mol. The van der Waals surface area contributed by atoms with Crippen molar-refractivity contribution >= 4 is 34.7 Å². The number of hydrogen-bond donors (Lipinski definition) is 4. The number of nitrogens with zero attached hydrogens (tertiary/aromatic N) is 1. The monoisotopic (exact) mass is 431 g/mol. The molecule has 0 saturated carbocycles. The lowest BCUT2D eigenvalue weighted by atomic mass is 10.0. The summed E-state index contributed by atoms with van der Waals surface area (Å²) in [6, 6.07) is 7.43. The predicted octanol–water partition coefficient (Wildman–Crippen LogP) is 0.532. The van der Waals surface area contributed by atoms with Crippen LogP contribution in [0.4, 0.5) is 4.79 Å². The highest BCUT2D eigenvalue weighted by Gasteiger charge is 2.42. The molecule has 3 atom stereocenters. The molecule has 1 aromatic carbocycles. The van der Waals surface area contributed by atoms with Crippen LogP contribution in [-0.2, 0) is 11.3 Å². The van der Waals surface area contributed by atoms with Gasteiger partial charge >= 0.3 is 17.1 Å². The summed E-state index contributed by atoms with van der Waals surface area (Å²) in [6.45, 7) is 0.523. The minimum atomic E-state index is -0.666. The average Bonchev–Trinajstić information content (AvgIpc) is 3.27. The second kappa shape index (κ2) is 8.95. The third kappa shape index (κ3) is 4.38. The van der Waals surface area contributed by atoms with Crippen LogP contribution in [-0.4, -0.2) is 51.1 Å². The van der Waals surface area contributed by atoms with E-state index < -0.39 is 11.1 Å². The summed E-state index contributed by atoms with van der Waals surface area (Å²) in [4.78, 5) is 50.1. The number of nitrogens with one attached hydrogen (secondary N) is 4. The van der Waals surface area contributed by atoms with E-state index >= 15 is 0 Å². The SMILES string of the molecule is O=C(CCCC[C@@H]1SC[C@@H]2NC(=O)N[C@@H]21)NCCn1c(=O)c(=O)[nH]c2ccccc21. The number of unbranched alkanes of at least 4 members (excludes halogenated alkanes) is 1. The van der Waals surface area contributed by atoms with E-state index in [4.69, 9.17) is 0 Å². The number of para-hydroxylation sites is 2. The topological polar surface area (TPSA) is 125 Å². The molecule has 2 aliphatic heterocycles. The number of aromatic amines is 1. The zero-order valence-corrected chi connectivity index (χ0v) is 17.3. The van der Waals surface area contributed by atoms with Crippen LogP contribution in [0.1, 0.15) is 25.7 Å². The maximum absolute atomic E-state index is 12.2. The van der Waals surface area contributed by atoms with Crippen LogP contribution in [0.15, 0.2) is 33.9 Å². The molecule has 1 aromatic heterocycles. The Balaban J connectivity index is 1.20. The van der Waals surface area contributed by atoms with Crippen molar-refractivity contribution in [2.45, 2.75) is 49.6 Å². The first-order valence-electron chi connectivity index (χ1n) is 10.2. The van der Waals surface area contributed by atoms with Gasteiger partial charge in [0.15, 0.2) is 0 Å². The molecule has 4 rings (SSSR count). The second-order valence-electron chi connectivity index (χ2n) is 7.65. The molecule has 0 radical (unpaired) electrons. The summed E-state index contributed by atoms with van der Waals surface area (Å²) in [7, 11) is 0. The Hall–Kier alpha value is -2.75. The van der Waals surface area contributed by atoms with Gasteiger partial charge < -0.3 is 25.5 Å². The van der Waals surface area contributed by atoms with Crippen LogP contribution in [0, 0.1) is 0 Å². The minimum absolute atomic E-state index is 0.0648. The van der Waals surface area contributed by atoms with Crippen LogP contribution in [0.5, 0.6) is 0 Å². The first-order chi connectivity index (χ1) is 14.5. The van der Waals surface area contributed by atoms with E-state index in [2.05, 4.69) is 20.9 Å². The highest BCUT2D eigenvalue weighted by atomic mass is 32.2. The predicted molar refractivity (Wildman–Crippen MR) is 116 cm³/mol. The summed E-state index contributed by atoms with van der Waals surface area (Å²) in [5.74, 6) is 0.871. The van der Waals surface area contributed by atoms with Crippen LogP contribution in [0.25, 0.3) is 11.0 Å². The Morgan fingerprint density at radius 3 is 2.87 bits per heavy atom. The van der Waals surface area contributed by atoms with Crippen LogP contribution in [0.2, 0.25) is 0 Å². The molecule has 2 aliphatic rings. The third-order valence-corrected chi connectivity index (χ3v) is 7.13. The van der Waals surface area contributed by atoms with Gasteiger partial charge in [0, 0.05) is 30.5 Å². The zero-order valence-electron chi connectivity index (χ0n) is 16.5. The number of carbonyl (C=O) groups is 2. The molecule has 0 unspecified atom stereocenters. The molecule has 0 aliphatic carbocycles. The fourth-order valence-electron chi connectivity index (χ4n) is 4.11. The van der Waals surface area contributed by atoms with Crippen molar-refractivity contribution in [1.82, 2.24) is 25.5 Å². The van der Waals surface area contributed by atoms with E-state index in [9.17, 15) is 19.2 Å². The van der Waals surface area contributed by atoms with Gasteiger partial charge in [0.2, 0.25) is 5.91 Å². The number of benzene rings is 1. The van der Waals surface area contributed by atoms with Gasteiger partial charge in [-0.1, -0.05) is 18.6 Å². The molecule has 0 spiro atoms. The molecular weight excluding hydrogens is 406 g/mol. The number of fused-ring (bicyclic) bond motifs is 2. The Morgan fingerprint density at radius 1 is 1.17 bits per heavy atom. The summed E-state index contributed by atoms with van der Waals surface area (Å²) >= 11 is 1.87. The van der Waals surface area contributed by atoms with E-state index in [1.165, 1.54) is 4.57 Å². The minimum Gasteiger partial charge on any atom is -0.354 e. The fraction of sp³-hybridized carbons (Fsp3) is 0.500. The van der Waals surface area contributed by atoms with Crippen molar-refractivity contribution in [3.8, 4) is 0 Å². The summed E-state index contributed by atoms with van der Waals surface area (Å²) in [6.07, 6.45) is 3.08. The lowest BCUT2D eigenvalue weighted by Gasteiger charge is -2.16. The number of urea groups is 1. The number of aromatic nitrogens is 2. The summed E-state index contributed by atoms with van der Waals surface area (Å²) < 4.78 is 1.39. The second-order valence-corrected chi connectivity index (χ2v) is 8.92. The number of carbonyl (C=O) groups excluding carboxylic acids is 2. The van der Waals surface area contributed by atoms with Gasteiger partial charge in [-0.05, 0) is 25.0 Å². The lowest BCUT2D eigenvalue weighted by molar-refractivity contribution is -0.121. The van der Waals surface area contributed by atoms with Crippen molar-refractivity contribution in [1.29, 1.82) is 0 Å². The van der Waals surface area contributed by atoms with Gasteiger partial charge in [-0.25, -0.2) is 4.79 Å². The van der Waals surface area contributed by atoms with E-state index in [-0.39, 0.29) is 37.1 Å². The number of thioether (sulfide) groups is 1. The van der Waals surface area contributed by atoms with Crippen molar-refractivity contribution in [2.75, 3.05) is 12.3 Å². The van der Waals surface area contributed by atoms with Gasteiger partial charge in [-0.2, -0.15) is 11.8 Å². The Labute approximate surface area is 177 Å². The quantitative estimate of drug-likeness (QED) is 0.276. The largest absolute Gasteiger partial charge is 0.354 e. The molecule has 2 fully saturated rings. The molecule has 9 nitrogen and oxygen atoms in total. The first-order valence-corrected chi connectivity index (χ1v) is 11.2. The van der Waals surface area contributed by atoms with Gasteiger partial charge in [0.25, 0.3) is 0 Å².